The SMILES string of the molecule is O=C(O)C1(N2CCCC2)C=CCCC1. The van der Waals surface area contributed by atoms with Crippen molar-refractivity contribution in [3.05, 3.63) is 12.2 Å². The first-order valence-electron chi connectivity index (χ1n) is 5.42. The molecule has 0 radical (unpaired) electrons. The van der Waals surface area contributed by atoms with Crippen LogP contribution in [0.15, 0.2) is 12.2 Å². The van der Waals surface area contributed by atoms with E-state index >= 15 is 0 Å². The van der Waals surface area contributed by atoms with Gasteiger partial charge < -0.3 is 5.11 Å². The highest BCUT2D eigenvalue weighted by Gasteiger charge is 2.43. The zero-order chi connectivity index (χ0) is 10.0. The Morgan fingerprint density at radius 1 is 1.29 bits per heavy atom. The van der Waals surface area contributed by atoms with Crippen LogP contribution in [0.5, 0.6) is 0 Å². The largest absolute Gasteiger partial charge is 0.480 e. The molecule has 1 N–H and O–H groups in total. The van der Waals surface area contributed by atoms with E-state index in [1.165, 1.54) is 0 Å². The predicted molar refractivity (Wildman–Crippen MR) is 54.2 cm³/mol. The fourth-order valence-corrected chi connectivity index (χ4v) is 2.54. The van der Waals surface area contributed by atoms with Crippen molar-refractivity contribution in [1.29, 1.82) is 0 Å². The van der Waals surface area contributed by atoms with Gasteiger partial charge in [-0.05, 0) is 45.2 Å². The summed E-state index contributed by atoms with van der Waals surface area (Å²) < 4.78 is 0. The zero-order valence-corrected chi connectivity index (χ0v) is 8.41. The molecule has 0 saturated carbocycles. The van der Waals surface area contributed by atoms with Crippen molar-refractivity contribution >= 4 is 5.97 Å². The van der Waals surface area contributed by atoms with Gasteiger partial charge >= 0.3 is 5.97 Å². The summed E-state index contributed by atoms with van der Waals surface area (Å²) in [5, 5.41) is 9.36. The second kappa shape index (κ2) is 3.73. The normalized spacial score (nSPS) is 33.4. The smallest absolute Gasteiger partial charge is 0.328 e. The summed E-state index contributed by atoms with van der Waals surface area (Å²) in [4.78, 5) is 13.5. The van der Waals surface area contributed by atoms with Gasteiger partial charge in [0.1, 0.15) is 5.54 Å². The number of carboxylic acid groups (broad SMARTS) is 1. The molecule has 0 spiro atoms. The van der Waals surface area contributed by atoms with Crippen molar-refractivity contribution in [3.63, 3.8) is 0 Å². The third-order valence-electron chi connectivity index (χ3n) is 3.36. The molecule has 3 nitrogen and oxygen atoms in total. The molecule has 0 aromatic heterocycles. The van der Waals surface area contributed by atoms with Gasteiger partial charge in [-0.2, -0.15) is 0 Å². The zero-order valence-electron chi connectivity index (χ0n) is 8.41. The average molecular weight is 195 g/mol. The highest BCUT2D eigenvalue weighted by molar-refractivity contribution is 5.81. The molecular weight excluding hydrogens is 178 g/mol. The minimum absolute atomic E-state index is 0.671. The third-order valence-corrected chi connectivity index (χ3v) is 3.36. The van der Waals surface area contributed by atoms with E-state index in [1.54, 1.807) is 0 Å². The first-order valence-corrected chi connectivity index (χ1v) is 5.42. The Kier molecular flexibility index (Phi) is 2.59. The van der Waals surface area contributed by atoms with Crippen molar-refractivity contribution in [1.82, 2.24) is 4.90 Å². The van der Waals surface area contributed by atoms with Crippen molar-refractivity contribution in [2.24, 2.45) is 0 Å². The first kappa shape index (κ1) is 9.71. The molecule has 1 aliphatic heterocycles. The fourth-order valence-electron chi connectivity index (χ4n) is 2.54. The maximum absolute atomic E-state index is 11.4. The third kappa shape index (κ3) is 1.46. The molecule has 0 aromatic rings. The molecule has 0 aromatic carbocycles. The second-order valence-corrected chi connectivity index (χ2v) is 4.22. The first-order chi connectivity index (χ1) is 6.76. The number of aliphatic carboxylic acids is 1. The van der Waals surface area contributed by atoms with E-state index in [1.807, 2.05) is 12.2 Å². The van der Waals surface area contributed by atoms with E-state index in [2.05, 4.69) is 4.90 Å². The quantitative estimate of drug-likeness (QED) is 0.681. The minimum atomic E-state index is -0.672. The van der Waals surface area contributed by atoms with Gasteiger partial charge in [0.15, 0.2) is 0 Å². The van der Waals surface area contributed by atoms with Crippen LogP contribution in [0.1, 0.15) is 32.1 Å². The number of nitrogens with zero attached hydrogens (tertiary/aromatic N) is 1. The lowest BCUT2D eigenvalue weighted by Crippen LogP contribution is -2.52. The number of rotatable bonds is 2. The number of hydrogen-bond donors (Lipinski definition) is 1. The van der Waals surface area contributed by atoms with Gasteiger partial charge in [-0.15, -0.1) is 0 Å². The summed E-state index contributed by atoms with van der Waals surface area (Å²) in [5.74, 6) is -0.671. The Morgan fingerprint density at radius 3 is 2.50 bits per heavy atom. The van der Waals surface area contributed by atoms with Crippen molar-refractivity contribution in [3.8, 4) is 0 Å². The maximum Gasteiger partial charge on any atom is 0.328 e. The Hall–Kier alpha value is -0.830. The Morgan fingerprint density at radius 2 is 2.00 bits per heavy atom. The van der Waals surface area contributed by atoms with Crippen LogP contribution in [0, 0.1) is 0 Å². The topological polar surface area (TPSA) is 40.5 Å². The van der Waals surface area contributed by atoms with Gasteiger partial charge in [0.25, 0.3) is 0 Å². The van der Waals surface area contributed by atoms with Crippen LogP contribution in [-0.2, 0) is 4.79 Å². The molecule has 2 aliphatic rings. The molecule has 1 unspecified atom stereocenters. The monoisotopic (exact) mass is 195 g/mol. The number of allylic oxidation sites excluding steroid dienone is 1. The van der Waals surface area contributed by atoms with E-state index in [0.29, 0.717) is 0 Å². The number of carbonyl (C=O) groups is 1. The highest BCUT2D eigenvalue weighted by atomic mass is 16.4. The maximum atomic E-state index is 11.4. The molecule has 0 bridgehead atoms. The second-order valence-electron chi connectivity index (χ2n) is 4.22. The van der Waals surface area contributed by atoms with Gasteiger partial charge in [-0.1, -0.05) is 12.2 Å². The van der Waals surface area contributed by atoms with Gasteiger partial charge in [-0.25, -0.2) is 4.79 Å². The van der Waals surface area contributed by atoms with Crippen molar-refractivity contribution in [2.45, 2.75) is 37.6 Å². The van der Waals surface area contributed by atoms with Crippen LogP contribution in [0.2, 0.25) is 0 Å². The van der Waals surface area contributed by atoms with Crippen molar-refractivity contribution in [2.75, 3.05) is 13.1 Å². The Labute approximate surface area is 84.4 Å². The fraction of sp³-hybridized carbons (Fsp3) is 0.727. The van der Waals surface area contributed by atoms with Gasteiger partial charge in [0.05, 0.1) is 0 Å². The van der Waals surface area contributed by atoms with Crippen LogP contribution < -0.4 is 0 Å². The molecule has 1 aliphatic carbocycles. The van der Waals surface area contributed by atoms with Crippen LogP contribution in [0.4, 0.5) is 0 Å². The predicted octanol–water partition coefficient (Wildman–Crippen LogP) is 1.65. The molecule has 1 fully saturated rings. The molecule has 0 amide bonds. The molecule has 1 heterocycles. The molecule has 1 atom stereocenters. The Bertz CT molecular complexity index is 256. The van der Waals surface area contributed by atoms with Crippen LogP contribution in [0.3, 0.4) is 0 Å². The van der Waals surface area contributed by atoms with E-state index < -0.39 is 11.5 Å². The van der Waals surface area contributed by atoms with Gasteiger partial charge in [0, 0.05) is 0 Å². The summed E-state index contributed by atoms with van der Waals surface area (Å²) in [5.41, 5.74) is -0.672. The number of likely N-dealkylation sites (tertiary alicyclic amines) is 1. The van der Waals surface area contributed by atoms with Crippen LogP contribution in [-0.4, -0.2) is 34.6 Å². The summed E-state index contributed by atoms with van der Waals surface area (Å²) in [7, 11) is 0. The molecule has 2 rings (SSSR count). The number of carboxylic acids is 1. The number of hydrogen-bond acceptors (Lipinski definition) is 2. The average Bonchev–Trinajstić information content (AvgIpc) is 2.72. The summed E-state index contributed by atoms with van der Waals surface area (Å²) >= 11 is 0. The molecular formula is C11H17NO2. The lowest BCUT2D eigenvalue weighted by molar-refractivity contribution is -0.148. The minimum Gasteiger partial charge on any atom is -0.480 e. The molecule has 3 heteroatoms. The van der Waals surface area contributed by atoms with Gasteiger partial charge in [0.2, 0.25) is 0 Å². The van der Waals surface area contributed by atoms with E-state index in [0.717, 1.165) is 45.2 Å². The molecule has 78 valence electrons. The van der Waals surface area contributed by atoms with E-state index in [9.17, 15) is 9.90 Å². The van der Waals surface area contributed by atoms with Gasteiger partial charge in [-0.3, -0.25) is 4.90 Å². The Balaban J connectivity index is 2.24. The molecule has 14 heavy (non-hydrogen) atoms. The van der Waals surface area contributed by atoms with Crippen LogP contribution in [0.25, 0.3) is 0 Å². The highest BCUT2D eigenvalue weighted by Crippen LogP contribution is 2.31. The summed E-state index contributed by atoms with van der Waals surface area (Å²) in [6, 6.07) is 0. The summed E-state index contributed by atoms with van der Waals surface area (Å²) in [6.07, 6.45) is 9.02. The summed E-state index contributed by atoms with van der Waals surface area (Å²) in [6.45, 7) is 1.88. The lowest BCUT2D eigenvalue weighted by Gasteiger charge is -2.37. The van der Waals surface area contributed by atoms with Crippen LogP contribution >= 0.6 is 0 Å². The van der Waals surface area contributed by atoms with E-state index in [-0.39, 0.29) is 0 Å². The van der Waals surface area contributed by atoms with E-state index in [4.69, 9.17) is 0 Å². The molecule has 1 saturated heterocycles. The lowest BCUT2D eigenvalue weighted by atomic mass is 9.86. The standard InChI is InChI=1S/C11H17NO2/c13-10(14)11(6-2-1-3-7-11)12-8-4-5-9-12/h2,6H,1,3-5,7-9H2,(H,13,14). The van der Waals surface area contributed by atoms with Crippen molar-refractivity contribution < 1.29 is 9.90 Å².